The highest BCUT2D eigenvalue weighted by atomic mass is 16.3. The molecule has 12 heavy (non-hydrogen) atoms. The summed E-state index contributed by atoms with van der Waals surface area (Å²) >= 11 is 0. The Bertz CT molecular complexity index is 292. The lowest BCUT2D eigenvalue weighted by atomic mass is 9.96. The van der Waals surface area contributed by atoms with Crippen LogP contribution in [0.25, 0.3) is 0 Å². The lowest BCUT2D eigenvalue weighted by molar-refractivity contribution is 0.223. The molecular formula is C11H12O. The molecule has 2 aliphatic rings. The van der Waals surface area contributed by atoms with Gasteiger partial charge in [-0.1, -0.05) is 36.5 Å². The van der Waals surface area contributed by atoms with Gasteiger partial charge in [-0.15, -0.1) is 0 Å². The molecule has 0 saturated heterocycles. The SMILES string of the molecule is OC1C=CC2=C(C=CCC=C2)C1. The van der Waals surface area contributed by atoms with Crippen LogP contribution in [-0.4, -0.2) is 11.2 Å². The van der Waals surface area contributed by atoms with E-state index in [1.807, 2.05) is 12.2 Å². The van der Waals surface area contributed by atoms with E-state index in [4.69, 9.17) is 0 Å². The normalized spacial score (nSPS) is 27.2. The average molecular weight is 160 g/mol. The summed E-state index contributed by atoms with van der Waals surface area (Å²) in [6.45, 7) is 0. The van der Waals surface area contributed by atoms with E-state index < -0.39 is 0 Å². The van der Waals surface area contributed by atoms with Gasteiger partial charge in [-0.25, -0.2) is 0 Å². The first-order valence-corrected chi connectivity index (χ1v) is 4.29. The Balaban J connectivity index is 2.35. The van der Waals surface area contributed by atoms with Gasteiger partial charge < -0.3 is 5.11 Å². The third kappa shape index (κ3) is 1.41. The van der Waals surface area contributed by atoms with E-state index in [9.17, 15) is 5.11 Å². The van der Waals surface area contributed by atoms with Crippen molar-refractivity contribution in [2.24, 2.45) is 0 Å². The molecule has 2 rings (SSSR count). The second-order valence-electron chi connectivity index (χ2n) is 3.15. The summed E-state index contributed by atoms with van der Waals surface area (Å²) < 4.78 is 0. The first-order valence-electron chi connectivity index (χ1n) is 4.29. The van der Waals surface area contributed by atoms with Crippen LogP contribution in [0.5, 0.6) is 0 Å². The van der Waals surface area contributed by atoms with Crippen LogP contribution >= 0.6 is 0 Å². The molecule has 0 radical (unpaired) electrons. The average Bonchev–Trinajstić information content (AvgIpc) is 2.28. The number of aliphatic hydroxyl groups is 1. The van der Waals surface area contributed by atoms with Gasteiger partial charge in [0.2, 0.25) is 0 Å². The van der Waals surface area contributed by atoms with Crippen LogP contribution < -0.4 is 0 Å². The van der Waals surface area contributed by atoms with E-state index in [1.54, 1.807) is 0 Å². The van der Waals surface area contributed by atoms with Crippen molar-refractivity contribution in [3.8, 4) is 0 Å². The molecule has 0 bridgehead atoms. The Morgan fingerprint density at radius 1 is 1.17 bits per heavy atom. The highest BCUT2D eigenvalue weighted by molar-refractivity contribution is 5.45. The minimum Gasteiger partial charge on any atom is -0.389 e. The highest BCUT2D eigenvalue weighted by Gasteiger charge is 2.10. The molecule has 1 nitrogen and oxygen atoms in total. The van der Waals surface area contributed by atoms with Gasteiger partial charge in [-0.2, -0.15) is 0 Å². The minimum atomic E-state index is -0.292. The topological polar surface area (TPSA) is 20.2 Å². The summed E-state index contributed by atoms with van der Waals surface area (Å²) in [5.74, 6) is 0. The van der Waals surface area contributed by atoms with Crippen molar-refractivity contribution >= 4 is 0 Å². The molecule has 0 spiro atoms. The molecule has 1 N–H and O–H groups in total. The van der Waals surface area contributed by atoms with Gasteiger partial charge in [0.1, 0.15) is 0 Å². The van der Waals surface area contributed by atoms with E-state index in [-0.39, 0.29) is 6.10 Å². The lowest BCUT2D eigenvalue weighted by Gasteiger charge is -2.13. The van der Waals surface area contributed by atoms with Crippen molar-refractivity contribution in [2.75, 3.05) is 0 Å². The van der Waals surface area contributed by atoms with Crippen LogP contribution in [0.3, 0.4) is 0 Å². The quantitative estimate of drug-likeness (QED) is 0.575. The van der Waals surface area contributed by atoms with Gasteiger partial charge in [0.15, 0.2) is 0 Å². The molecule has 0 heterocycles. The number of hydrogen-bond donors (Lipinski definition) is 1. The molecular weight excluding hydrogens is 148 g/mol. The van der Waals surface area contributed by atoms with Crippen molar-refractivity contribution < 1.29 is 5.11 Å². The van der Waals surface area contributed by atoms with E-state index in [1.165, 1.54) is 11.1 Å². The van der Waals surface area contributed by atoms with Crippen LogP contribution in [0.4, 0.5) is 0 Å². The van der Waals surface area contributed by atoms with Gasteiger partial charge in [0.25, 0.3) is 0 Å². The zero-order chi connectivity index (χ0) is 8.39. The number of hydrogen-bond acceptors (Lipinski definition) is 1. The van der Waals surface area contributed by atoms with Crippen molar-refractivity contribution in [2.45, 2.75) is 18.9 Å². The first-order chi connectivity index (χ1) is 5.86. The molecule has 0 saturated carbocycles. The maximum atomic E-state index is 9.36. The standard InChI is InChI=1S/C11H12O/c12-11-7-6-9-4-2-1-3-5-10(9)8-11/h2-7,11-12H,1,8H2. The molecule has 1 heteroatoms. The minimum absolute atomic E-state index is 0.292. The van der Waals surface area contributed by atoms with Crippen molar-refractivity contribution in [1.82, 2.24) is 0 Å². The lowest BCUT2D eigenvalue weighted by Crippen LogP contribution is -2.07. The molecule has 0 aromatic heterocycles. The van der Waals surface area contributed by atoms with Gasteiger partial charge >= 0.3 is 0 Å². The molecule has 0 amide bonds. The van der Waals surface area contributed by atoms with Gasteiger partial charge in [-0.3, -0.25) is 0 Å². The molecule has 0 aromatic carbocycles. The maximum absolute atomic E-state index is 9.36. The Hall–Kier alpha value is -1.08. The van der Waals surface area contributed by atoms with E-state index in [2.05, 4.69) is 24.3 Å². The second kappa shape index (κ2) is 3.11. The van der Waals surface area contributed by atoms with Crippen molar-refractivity contribution in [3.63, 3.8) is 0 Å². The predicted octanol–water partition coefficient (Wildman–Crippen LogP) is 2.12. The summed E-state index contributed by atoms with van der Waals surface area (Å²) in [5.41, 5.74) is 2.49. The molecule has 0 fully saturated rings. The zero-order valence-corrected chi connectivity index (χ0v) is 6.90. The Morgan fingerprint density at radius 3 is 2.92 bits per heavy atom. The van der Waals surface area contributed by atoms with Crippen LogP contribution in [0.2, 0.25) is 0 Å². The molecule has 1 atom stereocenters. The summed E-state index contributed by atoms with van der Waals surface area (Å²) in [6, 6.07) is 0. The van der Waals surface area contributed by atoms with E-state index in [0.29, 0.717) is 0 Å². The summed E-state index contributed by atoms with van der Waals surface area (Å²) in [4.78, 5) is 0. The molecule has 0 aliphatic heterocycles. The largest absolute Gasteiger partial charge is 0.389 e. The fourth-order valence-corrected chi connectivity index (χ4v) is 1.54. The van der Waals surface area contributed by atoms with Gasteiger partial charge in [-0.05, 0) is 17.6 Å². The number of rotatable bonds is 0. The number of aliphatic hydroxyl groups excluding tert-OH is 1. The van der Waals surface area contributed by atoms with Crippen LogP contribution in [0.1, 0.15) is 12.8 Å². The van der Waals surface area contributed by atoms with E-state index >= 15 is 0 Å². The monoisotopic (exact) mass is 160 g/mol. The first kappa shape index (κ1) is 7.56. The highest BCUT2D eigenvalue weighted by Crippen LogP contribution is 2.23. The fourth-order valence-electron chi connectivity index (χ4n) is 1.54. The second-order valence-corrected chi connectivity index (χ2v) is 3.15. The summed E-state index contributed by atoms with van der Waals surface area (Å²) in [7, 11) is 0. The fraction of sp³-hybridized carbons (Fsp3) is 0.273. The summed E-state index contributed by atoms with van der Waals surface area (Å²) in [6.07, 6.45) is 13.8. The van der Waals surface area contributed by atoms with Gasteiger partial charge in [0, 0.05) is 6.42 Å². The molecule has 62 valence electrons. The molecule has 1 unspecified atom stereocenters. The predicted molar refractivity (Wildman–Crippen MR) is 49.7 cm³/mol. The zero-order valence-electron chi connectivity index (χ0n) is 6.90. The Labute approximate surface area is 72.4 Å². The van der Waals surface area contributed by atoms with Crippen LogP contribution in [-0.2, 0) is 0 Å². The third-order valence-corrected chi connectivity index (χ3v) is 2.19. The smallest absolute Gasteiger partial charge is 0.0764 e. The van der Waals surface area contributed by atoms with Crippen LogP contribution in [0.15, 0.2) is 47.6 Å². The van der Waals surface area contributed by atoms with Gasteiger partial charge in [0.05, 0.1) is 6.10 Å². The Morgan fingerprint density at radius 2 is 2.00 bits per heavy atom. The maximum Gasteiger partial charge on any atom is 0.0764 e. The number of allylic oxidation sites excluding steroid dienone is 6. The summed E-state index contributed by atoms with van der Waals surface area (Å²) in [5, 5.41) is 9.36. The Kier molecular flexibility index (Phi) is 1.96. The molecule has 0 aromatic rings. The van der Waals surface area contributed by atoms with Crippen molar-refractivity contribution in [1.29, 1.82) is 0 Å². The molecule has 2 aliphatic carbocycles. The van der Waals surface area contributed by atoms with E-state index in [0.717, 1.165) is 12.8 Å². The van der Waals surface area contributed by atoms with Crippen LogP contribution in [0, 0.1) is 0 Å². The third-order valence-electron chi connectivity index (χ3n) is 2.19. The van der Waals surface area contributed by atoms with Crippen molar-refractivity contribution in [3.05, 3.63) is 47.6 Å².